The quantitative estimate of drug-likeness (QED) is 0.402. The lowest BCUT2D eigenvalue weighted by molar-refractivity contribution is 0.0975. The molecule has 0 saturated carbocycles. The van der Waals surface area contributed by atoms with Crippen molar-refractivity contribution in [1.29, 1.82) is 0 Å². The molecule has 6 N–H and O–H groups in total. The zero-order valence-corrected chi connectivity index (χ0v) is 18.0. The molecule has 0 unspecified atom stereocenters. The molecule has 0 fully saturated rings. The minimum Gasteiger partial charge on any atom is -0.365 e. The van der Waals surface area contributed by atoms with E-state index in [2.05, 4.69) is 15.7 Å². The number of primary amides is 1. The van der Waals surface area contributed by atoms with Crippen molar-refractivity contribution in [2.24, 2.45) is 10.9 Å². The molecule has 0 aliphatic rings. The van der Waals surface area contributed by atoms with E-state index in [-0.39, 0.29) is 32.0 Å². The van der Waals surface area contributed by atoms with Gasteiger partial charge in [0.05, 0.1) is 27.4 Å². The maximum absolute atomic E-state index is 12.4. The summed E-state index contributed by atoms with van der Waals surface area (Å²) in [6.07, 6.45) is 1.21. The molecule has 1 heterocycles. The first kappa shape index (κ1) is 22.4. The molecule has 0 aliphatic carbocycles. The van der Waals surface area contributed by atoms with Crippen LogP contribution in [-0.4, -0.2) is 35.1 Å². The molecular formula is C18H15ClN6O4S2. The van der Waals surface area contributed by atoms with Gasteiger partial charge in [-0.2, -0.15) is 5.10 Å². The van der Waals surface area contributed by atoms with Gasteiger partial charge in [0.2, 0.25) is 10.0 Å². The maximum atomic E-state index is 12.4. The Labute approximate surface area is 187 Å². The number of benzene rings is 2. The Morgan fingerprint density at radius 2 is 1.71 bits per heavy atom. The molecule has 10 nitrogen and oxygen atoms in total. The highest BCUT2D eigenvalue weighted by Gasteiger charge is 2.19. The first-order valence-corrected chi connectivity index (χ1v) is 10.8. The Balaban J connectivity index is 1.89. The fourth-order valence-electron chi connectivity index (χ4n) is 2.58. The minimum absolute atomic E-state index is 0.00938. The highest BCUT2D eigenvalue weighted by molar-refractivity contribution is 7.89. The van der Waals surface area contributed by atoms with Crippen LogP contribution in [0, 0.1) is 0 Å². The van der Waals surface area contributed by atoms with Crippen molar-refractivity contribution in [3.8, 4) is 5.69 Å². The zero-order valence-electron chi connectivity index (χ0n) is 15.6. The van der Waals surface area contributed by atoms with E-state index in [1.165, 1.54) is 41.2 Å². The zero-order chi connectivity index (χ0) is 22.8. The molecule has 0 saturated heterocycles. The van der Waals surface area contributed by atoms with Gasteiger partial charge in [0.1, 0.15) is 11.4 Å². The third kappa shape index (κ3) is 5.06. The van der Waals surface area contributed by atoms with Crippen LogP contribution in [0.2, 0.25) is 5.02 Å². The molecule has 0 atom stereocenters. The highest BCUT2D eigenvalue weighted by Crippen LogP contribution is 2.21. The van der Waals surface area contributed by atoms with Crippen molar-refractivity contribution in [3.63, 3.8) is 0 Å². The SMILES string of the molecule is NC(=O)c1cnn(-c2ccc(S(N)(=O)=O)cc2)c1NC(=S)NC(=O)c1ccccc1Cl. The number of sulfonamides is 1. The van der Waals surface area contributed by atoms with Gasteiger partial charge in [0.15, 0.2) is 5.11 Å². The normalized spacial score (nSPS) is 11.0. The second kappa shape index (κ2) is 8.81. The van der Waals surface area contributed by atoms with E-state index < -0.39 is 21.8 Å². The van der Waals surface area contributed by atoms with Gasteiger partial charge >= 0.3 is 0 Å². The monoisotopic (exact) mass is 478 g/mol. The summed E-state index contributed by atoms with van der Waals surface area (Å²) in [4.78, 5) is 24.1. The second-order valence-corrected chi connectivity index (χ2v) is 8.49. The number of amides is 2. The fraction of sp³-hybridized carbons (Fsp3) is 0. The average Bonchev–Trinajstić information content (AvgIpc) is 3.11. The molecule has 31 heavy (non-hydrogen) atoms. The topological polar surface area (TPSA) is 162 Å². The summed E-state index contributed by atoms with van der Waals surface area (Å²) in [5.74, 6) is -1.29. The largest absolute Gasteiger partial charge is 0.365 e. The lowest BCUT2D eigenvalue weighted by atomic mass is 10.2. The van der Waals surface area contributed by atoms with E-state index in [1.807, 2.05) is 0 Å². The van der Waals surface area contributed by atoms with Crippen LogP contribution in [0.25, 0.3) is 5.69 Å². The van der Waals surface area contributed by atoms with E-state index in [1.54, 1.807) is 18.2 Å². The molecule has 13 heteroatoms. The van der Waals surface area contributed by atoms with Crippen LogP contribution < -0.4 is 21.5 Å². The third-order valence-corrected chi connectivity index (χ3v) is 5.48. The van der Waals surface area contributed by atoms with Crippen LogP contribution in [0.5, 0.6) is 0 Å². The maximum Gasteiger partial charge on any atom is 0.258 e. The van der Waals surface area contributed by atoms with Crippen molar-refractivity contribution < 1.29 is 18.0 Å². The molecule has 2 aromatic carbocycles. The van der Waals surface area contributed by atoms with Crippen LogP contribution in [0.4, 0.5) is 5.82 Å². The molecule has 160 valence electrons. The van der Waals surface area contributed by atoms with Gasteiger partial charge in [-0.25, -0.2) is 18.2 Å². The summed E-state index contributed by atoms with van der Waals surface area (Å²) >= 11 is 11.2. The fourth-order valence-corrected chi connectivity index (χ4v) is 3.50. The predicted octanol–water partition coefficient (Wildman–Crippen LogP) is 1.40. The van der Waals surface area contributed by atoms with Gasteiger partial charge in [-0.1, -0.05) is 23.7 Å². The van der Waals surface area contributed by atoms with Gasteiger partial charge < -0.3 is 11.1 Å². The number of thiocarbonyl (C=S) groups is 1. The van der Waals surface area contributed by atoms with Gasteiger partial charge in [-0.15, -0.1) is 0 Å². The van der Waals surface area contributed by atoms with Crippen LogP contribution in [0.1, 0.15) is 20.7 Å². The Kier molecular flexibility index (Phi) is 6.36. The summed E-state index contributed by atoms with van der Waals surface area (Å²) in [5, 5.41) is 14.5. The van der Waals surface area contributed by atoms with Crippen LogP contribution in [0.15, 0.2) is 59.6 Å². The molecular weight excluding hydrogens is 464 g/mol. The third-order valence-electron chi connectivity index (χ3n) is 4.02. The molecule has 2 amide bonds. The number of nitrogens with zero attached hydrogens (tertiary/aromatic N) is 2. The number of hydrogen-bond donors (Lipinski definition) is 4. The summed E-state index contributed by atoms with van der Waals surface area (Å²) in [5.41, 5.74) is 5.97. The van der Waals surface area contributed by atoms with E-state index in [9.17, 15) is 18.0 Å². The van der Waals surface area contributed by atoms with Crippen molar-refractivity contribution in [2.45, 2.75) is 4.90 Å². The second-order valence-electron chi connectivity index (χ2n) is 6.11. The summed E-state index contributed by atoms with van der Waals surface area (Å²) in [6.45, 7) is 0. The first-order chi connectivity index (χ1) is 14.6. The Morgan fingerprint density at radius 3 is 2.29 bits per heavy atom. The van der Waals surface area contributed by atoms with Crippen LogP contribution >= 0.6 is 23.8 Å². The number of carbonyl (C=O) groups is 2. The predicted molar refractivity (Wildman–Crippen MR) is 119 cm³/mol. The van der Waals surface area contributed by atoms with E-state index in [0.29, 0.717) is 5.69 Å². The lowest BCUT2D eigenvalue weighted by Gasteiger charge is -2.13. The molecule has 0 radical (unpaired) electrons. The van der Waals surface area contributed by atoms with E-state index >= 15 is 0 Å². The molecule has 0 aliphatic heterocycles. The lowest BCUT2D eigenvalue weighted by Crippen LogP contribution is -2.35. The van der Waals surface area contributed by atoms with Crippen molar-refractivity contribution in [3.05, 3.63) is 70.9 Å². The number of aromatic nitrogens is 2. The van der Waals surface area contributed by atoms with E-state index in [0.717, 1.165) is 0 Å². The van der Waals surface area contributed by atoms with Gasteiger partial charge in [-0.3, -0.25) is 14.9 Å². The number of nitrogens with two attached hydrogens (primary N) is 2. The van der Waals surface area contributed by atoms with Crippen LogP contribution in [0.3, 0.4) is 0 Å². The number of nitrogens with one attached hydrogen (secondary N) is 2. The first-order valence-electron chi connectivity index (χ1n) is 8.46. The summed E-state index contributed by atoms with van der Waals surface area (Å²) < 4.78 is 24.2. The molecule has 3 aromatic rings. The van der Waals surface area contributed by atoms with Crippen molar-refractivity contribution in [2.75, 3.05) is 5.32 Å². The standard InChI is InChI=1S/C18H15ClN6O4S2/c19-14-4-2-1-3-12(14)17(27)24-18(30)23-16-13(15(20)26)9-22-25(16)10-5-7-11(8-6-10)31(21,28)29/h1-9H,(H2,20,26)(H2,21,28,29)(H2,23,24,27,30). The van der Waals surface area contributed by atoms with Crippen LogP contribution in [-0.2, 0) is 10.0 Å². The smallest absolute Gasteiger partial charge is 0.258 e. The highest BCUT2D eigenvalue weighted by atomic mass is 35.5. The minimum atomic E-state index is -3.88. The Hall–Kier alpha value is -3.32. The number of halogens is 1. The van der Waals surface area contributed by atoms with Crippen molar-refractivity contribution in [1.82, 2.24) is 15.1 Å². The van der Waals surface area contributed by atoms with Gasteiger partial charge in [0.25, 0.3) is 11.8 Å². The van der Waals surface area contributed by atoms with Gasteiger partial charge in [-0.05, 0) is 48.6 Å². The molecule has 0 spiro atoms. The number of primary sulfonamides is 1. The number of carbonyl (C=O) groups excluding carboxylic acids is 2. The molecule has 1 aromatic heterocycles. The average molecular weight is 479 g/mol. The number of hydrogen-bond acceptors (Lipinski definition) is 6. The summed E-state index contributed by atoms with van der Waals surface area (Å²) in [6, 6.07) is 11.8. The van der Waals surface area contributed by atoms with Gasteiger partial charge in [0, 0.05) is 0 Å². The number of rotatable bonds is 5. The molecule has 0 bridgehead atoms. The Morgan fingerprint density at radius 1 is 1.06 bits per heavy atom. The summed E-state index contributed by atoms with van der Waals surface area (Å²) in [7, 11) is -3.88. The van der Waals surface area contributed by atoms with Crippen molar-refractivity contribution >= 4 is 56.6 Å². The van der Waals surface area contributed by atoms with E-state index in [4.69, 9.17) is 34.7 Å². The number of anilines is 1. The molecule has 3 rings (SSSR count). The Bertz CT molecular complexity index is 1290.